The Labute approximate surface area is 192 Å². The molecule has 1 unspecified atom stereocenters. The smallest absolute Gasteiger partial charge is 0.407 e. The summed E-state index contributed by atoms with van der Waals surface area (Å²) >= 11 is 0. The third-order valence-electron chi connectivity index (χ3n) is 6.40. The van der Waals surface area contributed by atoms with Gasteiger partial charge in [-0.3, -0.25) is 9.59 Å². The standard InChI is InChI=1S/C25H28N2O6/c1-32-16-10-12-27(13-11-16)24(30)22(14-23(28)29)26-25(31)33-15-21-19-8-4-2-6-17(19)18-7-3-5-9-20(18)21/h2-9,16,21-22H,10-15H2,1H3,(H,26,31)(H,28,29). The lowest BCUT2D eigenvalue weighted by molar-refractivity contribution is -0.143. The van der Waals surface area contributed by atoms with Gasteiger partial charge in [0.2, 0.25) is 5.91 Å². The molecule has 2 aliphatic rings. The molecule has 0 radical (unpaired) electrons. The highest BCUT2D eigenvalue weighted by Gasteiger charge is 2.33. The van der Waals surface area contributed by atoms with E-state index in [1.54, 1.807) is 12.0 Å². The van der Waals surface area contributed by atoms with Crippen LogP contribution in [0.5, 0.6) is 0 Å². The number of carboxylic acid groups (broad SMARTS) is 1. The van der Waals surface area contributed by atoms with E-state index in [1.807, 2.05) is 48.5 Å². The molecule has 0 aromatic heterocycles. The van der Waals surface area contributed by atoms with Gasteiger partial charge in [-0.05, 0) is 35.1 Å². The van der Waals surface area contributed by atoms with Gasteiger partial charge >= 0.3 is 12.1 Å². The number of aliphatic carboxylic acids is 1. The summed E-state index contributed by atoms with van der Waals surface area (Å²) in [6.45, 7) is 1.01. The minimum Gasteiger partial charge on any atom is -0.481 e. The zero-order valence-electron chi connectivity index (χ0n) is 18.5. The van der Waals surface area contributed by atoms with Crippen molar-refractivity contribution in [3.05, 3.63) is 59.7 Å². The Morgan fingerprint density at radius 3 is 2.15 bits per heavy atom. The lowest BCUT2D eigenvalue weighted by Crippen LogP contribution is -2.52. The Morgan fingerprint density at radius 2 is 1.61 bits per heavy atom. The summed E-state index contributed by atoms with van der Waals surface area (Å²) in [5.41, 5.74) is 4.37. The fourth-order valence-corrected chi connectivity index (χ4v) is 4.69. The number of likely N-dealkylation sites (tertiary alicyclic amines) is 1. The number of piperidine rings is 1. The highest BCUT2D eigenvalue weighted by Crippen LogP contribution is 2.44. The van der Waals surface area contributed by atoms with Crippen LogP contribution in [0.3, 0.4) is 0 Å². The quantitative estimate of drug-likeness (QED) is 0.669. The van der Waals surface area contributed by atoms with Crippen LogP contribution in [0, 0.1) is 0 Å². The molecule has 8 nitrogen and oxygen atoms in total. The van der Waals surface area contributed by atoms with E-state index in [4.69, 9.17) is 9.47 Å². The van der Waals surface area contributed by atoms with Crippen LogP contribution in [0.4, 0.5) is 4.79 Å². The Balaban J connectivity index is 1.40. The number of ether oxygens (including phenoxy) is 2. The lowest BCUT2D eigenvalue weighted by atomic mass is 9.98. The topological polar surface area (TPSA) is 105 Å². The van der Waals surface area contributed by atoms with Gasteiger partial charge in [0.25, 0.3) is 0 Å². The zero-order chi connectivity index (χ0) is 23.4. The molecular formula is C25H28N2O6. The summed E-state index contributed by atoms with van der Waals surface area (Å²) < 4.78 is 10.8. The molecule has 2 N–H and O–H groups in total. The molecule has 33 heavy (non-hydrogen) atoms. The van der Waals surface area contributed by atoms with E-state index >= 15 is 0 Å². The third-order valence-corrected chi connectivity index (χ3v) is 6.40. The Bertz CT molecular complexity index is 986. The molecule has 1 atom stereocenters. The van der Waals surface area contributed by atoms with Gasteiger partial charge in [-0.1, -0.05) is 48.5 Å². The molecule has 0 saturated carbocycles. The number of nitrogens with one attached hydrogen (secondary N) is 1. The van der Waals surface area contributed by atoms with Crippen molar-refractivity contribution in [3.8, 4) is 11.1 Å². The van der Waals surface area contributed by atoms with E-state index in [1.165, 1.54) is 0 Å². The van der Waals surface area contributed by atoms with Gasteiger partial charge in [0.1, 0.15) is 12.6 Å². The number of carbonyl (C=O) groups excluding carboxylic acids is 2. The number of alkyl carbamates (subject to hydrolysis) is 1. The second-order valence-corrected chi connectivity index (χ2v) is 8.38. The van der Waals surface area contributed by atoms with E-state index in [0.717, 1.165) is 22.3 Å². The van der Waals surface area contributed by atoms with Gasteiger partial charge in [-0.25, -0.2) is 4.79 Å². The first-order valence-corrected chi connectivity index (χ1v) is 11.1. The van der Waals surface area contributed by atoms with Crippen molar-refractivity contribution in [1.82, 2.24) is 10.2 Å². The summed E-state index contributed by atoms with van der Waals surface area (Å²) in [6.07, 6.45) is 0.123. The predicted molar refractivity (Wildman–Crippen MR) is 121 cm³/mol. The van der Waals surface area contributed by atoms with Crippen LogP contribution in [-0.2, 0) is 19.1 Å². The monoisotopic (exact) mass is 452 g/mol. The van der Waals surface area contributed by atoms with E-state index in [2.05, 4.69) is 5.32 Å². The first-order valence-electron chi connectivity index (χ1n) is 11.1. The number of rotatable bonds is 7. The van der Waals surface area contributed by atoms with Gasteiger partial charge in [-0.15, -0.1) is 0 Å². The Morgan fingerprint density at radius 1 is 1.03 bits per heavy atom. The van der Waals surface area contributed by atoms with Crippen LogP contribution in [0.1, 0.15) is 36.3 Å². The van der Waals surface area contributed by atoms with Crippen molar-refractivity contribution in [2.75, 3.05) is 26.8 Å². The first kappa shape index (κ1) is 22.8. The lowest BCUT2D eigenvalue weighted by Gasteiger charge is -2.33. The molecule has 8 heteroatoms. The van der Waals surface area contributed by atoms with Gasteiger partial charge < -0.3 is 24.8 Å². The van der Waals surface area contributed by atoms with E-state index in [9.17, 15) is 19.5 Å². The number of methoxy groups -OCH3 is 1. The average Bonchev–Trinajstić information content (AvgIpc) is 3.15. The molecule has 0 bridgehead atoms. The fraction of sp³-hybridized carbons (Fsp3) is 0.400. The summed E-state index contributed by atoms with van der Waals surface area (Å²) in [4.78, 5) is 38.4. The van der Waals surface area contributed by atoms with E-state index < -0.39 is 30.4 Å². The molecule has 2 aromatic carbocycles. The third kappa shape index (κ3) is 5.01. The average molecular weight is 453 g/mol. The number of hydrogen-bond donors (Lipinski definition) is 2. The molecule has 2 amide bonds. The maximum Gasteiger partial charge on any atom is 0.407 e. The summed E-state index contributed by atoms with van der Waals surface area (Å²) in [5.74, 6) is -1.70. The van der Waals surface area contributed by atoms with E-state index in [-0.39, 0.29) is 18.6 Å². The highest BCUT2D eigenvalue weighted by atomic mass is 16.5. The molecular weight excluding hydrogens is 424 g/mol. The highest BCUT2D eigenvalue weighted by molar-refractivity contribution is 5.89. The SMILES string of the molecule is COC1CCN(C(=O)C(CC(=O)O)NC(=O)OCC2c3ccccc3-c3ccccc32)CC1. The van der Waals surface area contributed by atoms with Crippen LogP contribution in [-0.4, -0.2) is 66.9 Å². The van der Waals surface area contributed by atoms with Crippen LogP contribution >= 0.6 is 0 Å². The van der Waals surface area contributed by atoms with Gasteiger partial charge in [-0.2, -0.15) is 0 Å². The Hall–Kier alpha value is -3.39. The number of carboxylic acids is 1. The number of carbonyl (C=O) groups is 3. The molecule has 1 heterocycles. The van der Waals surface area contributed by atoms with Crippen molar-refractivity contribution in [1.29, 1.82) is 0 Å². The van der Waals surface area contributed by atoms with Gasteiger partial charge in [0, 0.05) is 26.1 Å². The summed E-state index contributed by atoms with van der Waals surface area (Å²) in [6, 6.07) is 14.8. The molecule has 1 aliphatic carbocycles. The molecule has 174 valence electrons. The van der Waals surface area contributed by atoms with Gasteiger partial charge in [0.15, 0.2) is 0 Å². The van der Waals surface area contributed by atoms with Crippen molar-refractivity contribution < 1.29 is 29.0 Å². The molecule has 4 rings (SSSR count). The number of benzene rings is 2. The molecule has 2 aromatic rings. The Kier molecular flexibility index (Phi) is 6.93. The number of nitrogens with zero attached hydrogens (tertiary/aromatic N) is 1. The number of amides is 2. The van der Waals surface area contributed by atoms with Crippen LogP contribution < -0.4 is 5.32 Å². The second kappa shape index (κ2) is 10.0. The summed E-state index contributed by atoms with van der Waals surface area (Å²) in [5, 5.41) is 11.7. The molecule has 0 spiro atoms. The largest absolute Gasteiger partial charge is 0.481 e. The van der Waals surface area contributed by atoms with Crippen molar-refractivity contribution in [2.24, 2.45) is 0 Å². The molecule has 1 saturated heterocycles. The van der Waals surface area contributed by atoms with Crippen molar-refractivity contribution in [3.63, 3.8) is 0 Å². The van der Waals surface area contributed by atoms with Crippen LogP contribution in [0.25, 0.3) is 11.1 Å². The van der Waals surface area contributed by atoms with Gasteiger partial charge in [0.05, 0.1) is 12.5 Å². The predicted octanol–water partition coefficient (Wildman–Crippen LogP) is 3.01. The maximum atomic E-state index is 12.9. The van der Waals surface area contributed by atoms with Crippen LogP contribution in [0.2, 0.25) is 0 Å². The fourth-order valence-electron chi connectivity index (χ4n) is 4.69. The summed E-state index contributed by atoms with van der Waals surface area (Å²) in [7, 11) is 1.63. The molecule has 1 aliphatic heterocycles. The normalized spacial score (nSPS) is 16.6. The van der Waals surface area contributed by atoms with E-state index in [0.29, 0.717) is 25.9 Å². The number of fused-ring (bicyclic) bond motifs is 3. The minimum absolute atomic E-state index is 0.0852. The second-order valence-electron chi connectivity index (χ2n) is 8.38. The van der Waals surface area contributed by atoms with Crippen molar-refractivity contribution in [2.45, 2.75) is 37.3 Å². The van der Waals surface area contributed by atoms with Crippen molar-refractivity contribution >= 4 is 18.0 Å². The minimum atomic E-state index is -1.18. The zero-order valence-corrected chi connectivity index (χ0v) is 18.5. The van der Waals surface area contributed by atoms with Crippen LogP contribution in [0.15, 0.2) is 48.5 Å². The maximum absolute atomic E-state index is 12.9. The molecule has 1 fully saturated rings. The number of hydrogen-bond acceptors (Lipinski definition) is 5. The first-order chi connectivity index (χ1) is 16.0.